The van der Waals surface area contributed by atoms with Crippen molar-refractivity contribution in [2.75, 3.05) is 6.54 Å². The fourth-order valence-electron chi connectivity index (χ4n) is 2.98. The summed E-state index contributed by atoms with van der Waals surface area (Å²) in [6.45, 7) is 6.05. The molecule has 1 heterocycles. The van der Waals surface area contributed by atoms with Crippen LogP contribution in [0.5, 0.6) is 0 Å². The predicted molar refractivity (Wildman–Crippen MR) is 106 cm³/mol. The lowest BCUT2D eigenvalue weighted by Crippen LogP contribution is -2.42. The Labute approximate surface area is 161 Å². The minimum atomic E-state index is -0.646. The van der Waals surface area contributed by atoms with Crippen molar-refractivity contribution in [2.45, 2.75) is 27.3 Å². The average molecular weight is 383 g/mol. The standard InChI is InChI=1S/C21H22FN3O3/c1-13(2)11-23-19(26)12-24-18-9-4-14(3)10-17(18)20(27)25(21(24)28)16-7-5-15(22)6-8-16/h4-10,13H,11-12H2,1-3H3,(H,23,26). The third-order valence-corrected chi connectivity index (χ3v) is 4.39. The summed E-state index contributed by atoms with van der Waals surface area (Å²) >= 11 is 0. The highest BCUT2D eigenvalue weighted by Crippen LogP contribution is 2.13. The summed E-state index contributed by atoms with van der Waals surface area (Å²) < 4.78 is 15.5. The minimum Gasteiger partial charge on any atom is -0.354 e. The summed E-state index contributed by atoms with van der Waals surface area (Å²) in [5, 5.41) is 3.10. The second kappa shape index (κ2) is 7.80. The number of rotatable bonds is 5. The van der Waals surface area contributed by atoms with Crippen LogP contribution in [0.25, 0.3) is 16.6 Å². The molecule has 28 heavy (non-hydrogen) atoms. The maximum Gasteiger partial charge on any atom is 0.336 e. The van der Waals surface area contributed by atoms with Crippen LogP contribution in [-0.2, 0) is 11.3 Å². The average Bonchev–Trinajstić information content (AvgIpc) is 2.65. The molecule has 0 spiro atoms. The Morgan fingerprint density at radius 1 is 1.11 bits per heavy atom. The molecule has 0 fully saturated rings. The lowest BCUT2D eigenvalue weighted by atomic mass is 10.1. The number of benzene rings is 2. The lowest BCUT2D eigenvalue weighted by Gasteiger charge is -2.15. The number of aryl methyl sites for hydroxylation is 1. The second-order valence-electron chi connectivity index (χ2n) is 7.20. The van der Waals surface area contributed by atoms with E-state index in [1.165, 1.54) is 28.8 Å². The van der Waals surface area contributed by atoms with Gasteiger partial charge in [0.05, 0.1) is 16.6 Å². The number of fused-ring (bicyclic) bond motifs is 1. The number of carbonyl (C=O) groups excluding carboxylic acids is 1. The van der Waals surface area contributed by atoms with Crippen molar-refractivity contribution >= 4 is 16.8 Å². The highest BCUT2D eigenvalue weighted by Gasteiger charge is 2.17. The number of hydrogen-bond donors (Lipinski definition) is 1. The van der Waals surface area contributed by atoms with Crippen LogP contribution >= 0.6 is 0 Å². The Balaban J connectivity index is 2.21. The molecule has 1 aromatic heterocycles. The molecule has 0 atom stereocenters. The summed E-state index contributed by atoms with van der Waals surface area (Å²) in [5.41, 5.74) is 0.335. The molecule has 146 valence electrons. The largest absolute Gasteiger partial charge is 0.354 e. The number of halogens is 1. The number of carbonyl (C=O) groups is 1. The molecule has 0 bridgehead atoms. The van der Waals surface area contributed by atoms with Gasteiger partial charge in [-0.05, 0) is 49.2 Å². The smallest absolute Gasteiger partial charge is 0.336 e. The normalized spacial score (nSPS) is 11.2. The Hall–Kier alpha value is -3.22. The molecule has 0 aliphatic carbocycles. The maximum atomic E-state index is 13.3. The van der Waals surface area contributed by atoms with Crippen molar-refractivity contribution < 1.29 is 9.18 Å². The number of aromatic nitrogens is 2. The summed E-state index contributed by atoms with van der Waals surface area (Å²) in [7, 11) is 0. The highest BCUT2D eigenvalue weighted by molar-refractivity contribution is 5.82. The van der Waals surface area contributed by atoms with Crippen LogP contribution in [0.15, 0.2) is 52.1 Å². The highest BCUT2D eigenvalue weighted by atomic mass is 19.1. The second-order valence-corrected chi connectivity index (χ2v) is 7.20. The molecule has 3 rings (SSSR count). The zero-order valence-electron chi connectivity index (χ0n) is 16.0. The Morgan fingerprint density at radius 2 is 1.79 bits per heavy atom. The van der Waals surface area contributed by atoms with Gasteiger partial charge in [0.25, 0.3) is 5.56 Å². The van der Waals surface area contributed by atoms with E-state index < -0.39 is 17.1 Å². The van der Waals surface area contributed by atoms with Crippen LogP contribution < -0.4 is 16.6 Å². The first-order valence-corrected chi connectivity index (χ1v) is 9.07. The topological polar surface area (TPSA) is 73.1 Å². The van der Waals surface area contributed by atoms with E-state index in [1.54, 1.807) is 18.2 Å². The van der Waals surface area contributed by atoms with Crippen molar-refractivity contribution in [1.82, 2.24) is 14.5 Å². The first-order chi connectivity index (χ1) is 13.3. The Bertz CT molecular complexity index is 1140. The van der Waals surface area contributed by atoms with Crippen molar-refractivity contribution in [1.29, 1.82) is 0 Å². The molecule has 0 aliphatic rings. The van der Waals surface area contributed by atoms with Gasteiger partial charge in [-0.25, -0.2) is 13.8 Å². The van der Waals surface area contributed by atoms with E-state index in [2.05, 4.69) is 5.32 Å². The first kappa shape index (κ1) is 19.5. The molecule has 1 amide bonds. The Kier molecular flexibility index (Phi) is 5.44. The molecule has 0 radical (unpaired) electrons. The van der Waals surface area contributed by atoms with Gasteiger partial charge in [0.15, 0.2) is 0 Å². The van der Waals surface area contributed by atoms with Gasteiger partial charge in [-0.15, -0.1) is 0 Å². The van der Waals surface area contributed by atoms with Gasteiger partial charge >= 0.3 is 5.69 Å². The van der Waals surface area contributed by atoms with E-state index >= 15 is 0 Å². The summed E-state index contributed by atoms with van der Waals surface area (Å²) in [6.07, 6.45) is 0. The van der Waals surface area contributed by atoms with Crippen molar-refractivity contribution in [3.05, 3.63) is 74.7 Å². The van der Waals surface area contributed by atoms with Gasteiger partial charge < -0.3 is 5.32 Å². The van der Waals surface area contributed by atoms with E-state index in [0.717, 1.165) is 10.1 Å². The van der Waals surface area contributed by atoms with Crippen molar-refractivity contribution in [3.8, 4) is 5.69 Å². The Morgan fingerprint density at radius 3 is 2.43 bits per heavy atom. The van der Waals surface area contributed by atoms with Crippen molar-refractivity contribution in [3.63, 3.8) is 0 Å². The minimum absolute atomic E-state index is 0.216. The van der Waals surface area contributed by atoms with E-state index in [-0.39, 0.29) is 24.1 Å². The molecule has 0 saturated carbocycles. The quantitative estimate of drug-likeness (QED) is 0.735. The van der Waals surface area contributed by atoms with Crippen LogP contribution in [0.3, 0.4) is 0 Å². The third-order valence-electron chi connectivity index (χ3n) is 4.39. The molecule has 6 nitrogen and oxygen atoms in total. The zero-order chi connectivity index (χ0) is 20.4. The van der Waals surface area contributed by atoms with Crippen LogP contribution in [0.1, 0.15) is 19.4 Å². The fourth-order valence-corrected chi connectivity index (χ4v) is 2.98. The molecule has 0 saturated heterocycles. The monoisotopic (exact) mass is 383 g/mol. The van der Waals surface area contributed by atoms with Crippen LogP contribution in [0.4, 0.5) is 4.39 Å². The van der Waals surface area contributed by atoms with Crippen LogP contribution in [-0.4, -0.2) is 21.6 Å². The molecule has 0 aliphatic heterocycles. The van der Waals surface area contributed by atoms with Gasteiger partial charge in [0, 0.05) is 6.54 Å². The van der Waals surface area contributed by atoms with Gasteiger partial charge in [-0.3, -0.25) is 14.2 Å². The number of nitrogens with zero attached hydrogens (tertiary/aromatic N) is 2. The molecular weight excluding hydrogens is 361 g/mol. The molecular formula is C21H22FN3O3. The number of nitrogens with one attached hydrogen (secondary N) is 1. The SMILES string of the molecule is Cc1ccc2c(c1)c(=O)n(-c1ccc(F)cc1)c(=O)n2CC(=O)NCC(C)C. The maximum absolute atomic E-state index is 13.3. The zero-order valence-corrected chi connectivity index (χ0v) is 16.0. The third kappa shape index (κ3) is 3.88. The van der Waals surface area contributed by atoms with Crippen LogP contribution in [0.2, 0.25) is 0 Å². The molecule has 3 aromatic rings. The van der Waals surface area contributed by atoms with Gasteiger partial charge in [-0.1, -0.05) is 25.5 Å². The first-order valence-electron chi connectivity index (χ1n) is 9.07. The molecule has 7 heteroatoms. The molecule has 1 N–H and O–H groups in total. The van der Waals surface area contributed by atoms with E-state index in [4.69, 9.17) is 0 Å². The number of hydrogen-bond acceptors (Lipinski definition) is 3. The van der Waals surface area contributed by atoms with Gasteiger partial charge in [0.1, 0.15) is 12.4 Å². The van der Waals surface area contributed by atoms with Gasteiger partial charge in [0.2, 0.25) is 5.91 Å². The summed E-state index contributed by atoms with van der Waals surface area (Å²) in [5.74, 6) is -0.517. The van der Waals surface area contributed by atoms with E-state index in [9.17, 15) is 18.8 Å². The van der Waals surface area contributed by atoms with Crippen molar-refractivity contribution in [2.24, 2.45) is 5.92 Å². The lowest BCUT2D eigenvalue weighted by molar-refractivity contribution is -0.121. The fraction of sp³-hybridized carbons (Fsp3) is 0.286. The van der Waals surface area contributed by atoms with E-state index in [1.807, 2.05) is 20.8 Å². The van der Waals surface area contributed by atoms with Gasteiger partial charge in [-0.2, -0.15) is 0 Å². The number of amides is 1. The predicted octanol–water partition coefficient (Wildman–Crippen LogP) is 2.37. The molecule has 2 aromatic carbocycles. The summed E-state index contributed by atoms with van der Waals surface area (Å²) in [4.78, 5) is 38.4. The summed E-state index contributed by atoms with van der Waals surface area (Å²) in [6, 6.07) is 10.2. The van der Waals surface area contributed by atoms with Crippen LogP contribution in [0, 0.1) is 18.7 Å². The van der Waals surface area contributed by atoms with E-state index in [0.29, 0.717) is 17.4 Å². The molecule has 0 unspecified atom stereocenters.